The Kier molecular flexibility index (Phi) is 5.50. The maximum atomic E-state index is 12.5. The molecule has 1 aliphatic heterocycles. The van der Waals surface area contributed by atoms with Crippen LogP contribution < -0.4 is 10.9 Å². The Labute approximate surface area is 161 Å². The number of carbonyl (C=O) groups is 2. The first-order valence-corrected chi connectivity index (χ1v) is 10.7. The molecule has 3 rings (SSSR count). The van der Waals surface area contributed by atoms with Gasteiger partial charge >= 0.3 is 5.97 Å². The molecule has 1 fully saturated rings. The summed E-state index contributed by atoms with van der Waals surface area (Å²) in [5.41, 5.74) is -0.373. The molecule has 0 unspecified atom stereocenters. The van der Waals surface area contributed by atoms with Crippen molar-refractivity contribution in [1.29, 1.82) is 0 Å². The summed E-state index contributed by atoms with van der Waals surface area (Å²) in [6.45, 7) is 2.97. The Hall–Kier alpha value is -2.75. The predicted octanol–water partition coefficient (Wildman–Crippen LogP) is 0.438. The Bertz CT molecular complexity index is 1090. The van der Waals surface area contributed by atoms with Crippen LogP contribution in [0.15, 0.2) is 29.1 Å². The molecule has 0 aliphatic carbocycles. The summed E-state index contributed by atoms with van der Waals surface area (Å²) in [4.78, 5) is 37.0. The number of nitrogens with zero attached hydrogens (tertiary/aromatic N) is 2. The standard InChI is InChI=1S/C18H21N3O6S/c1-11(2)21-17(23)14-6-4-3-5-13(14)16(20-21)18(24)27-9-15(22)19-12-7-8-28(25,26)10-12/h3-6,11-12H,7-10H2,1-2H3,(H,19,22)/t12-/m1/s1. The molecular formula is C18H21N3O6S. The zero-order valence-electron chi connectivity index (χ0n) is 15.5. The van der Waals surface area contributed by atoms with Crippen molar-refractivity contribution < 1.29 is 22.7 Å². The number of rotatable bonds is 5. The van der Waals surface area contributed by atoms with E-state index in [9.17, 15) is 22.8 Å². The van der Waals surface area contributed by atoms with Crippen molar-refractivity contribution in [2.45, 2.75) is 32.4 Å². The van der Waals surface area contributed by atoms with E-state index in [4.69, 9.17) is 4.74 Å². The molecule has 1 aromatic carbocycles. The molecule has 1 saturated heterocycles. The van der Waals surface area contributed by atoms with E-state index in [2.05, 4.69) is 10.4 Å². The van der Waals surface area contributed by atoms with Crippen LogP contribution in [0.4, 0.5) is 0 Å². The number of hydrogen-bond donors (Lipinski definition) is 1. The SMILES string of the molecule is CC(C)n1nc(C(=O)OCC(=O)N[C@@H]2CCS(=O)(=O)C2)c2ccccc2c1=O. The van der Waals surface area contributed by atoms with Gasteiger partial charge in [0.1, 0.15) is 0 Å². The fourth-order valence-electron chi connectivity index (χ4n) is 3.08. The minimum atomic E-state index is -3.12. The second-order valence-corrected chi connectivity index (χ2v) is 9.21. The number of aromatic nitrogens is 2. The van der Waals surface area contributed by atoms with E-state index in [0.717, 1.165) is 0 Å². The maximum Gasteiger partial charge on any atom is 0.359 e. The Morgan fingerprint density at radius 2 is 1.96 bits per heavy atom. The Balaban J connectivity index is 1.76. The van der Waals surface area contributed by atoms with Crippen LogP contribution >= 0.6 is 0 Å². The summed E-state index contributed by atoms with van der Waals surface area (Å²) >= 11 is 0. The van der Waals surface area contributed by atoms with Crippen LogP contribution in [0.5, 0.6) is 0 Å². The quantitative estimate of drug-likeness (QED) is 0.713. The first-order valence-electron chi connectivity index (χ1n) is 8.86. The number of hydrogen-bond acceptors (Lipinski definition) is 7. The molecule has 2 heterocycles. The fraction of sp³-hybridized carbons (Fsp3) is 0.444. The number of sulfone groups is 1. The topological polar surface area (TPSA) is 124 Å². The Morgan fingerprint density at radius 3 is 2.57 bits per heavy atom. The van der Waals surface area contributed by atoms with Crippen molar-refractivity contribution in [1.82, 2.24) is 15.1 Å². The summed E-state index contributed by atoms with van der Waals surface area (Å²) < 4.78 is 29.1. The second kappa shape index (κ2) is 7.70. The van der Waals surface area contributed by atoms with Crippen molar-refractivity contribution in [3.05, 3.63) is 40.3 Å². The van der Waals surface area contributed by atoms with Gasteiger partial charge in [-0.15, -0.1) is 0 Å². The van der Waals surface area contributed by atoms with Crippen LogP contribution in [0.3, 0.4) is 0 Å². The van der Waals surface area contributed by atoms with Crippen molar-refractivity contribution >= 4 is 32.5 Å². The number of amides is 1. The molecule has 0 bridgehead atoms. The molecule has 9 nitrogen and oxygen atoms in total. The van der Waals surface area contributed by atoms with E-state index in [1.54, 1.807) is 38.1 Å². The van der Waals surface area contributed by atoms with Gasteiger partial charge in [-0.25, -0.2) is 17.9 Å². The van der Waals surface area contributed by atoms with E-state index < -0.39 is 34.4 Å². The van der Waals surface area contributed by atoms with Gasteiger partial charge in [-0.3, -0.25) is 9.59 Å². The molecule has 0 saturated carbocycles. The van der Waals surface area contributed by atoms with Crippen LogP contribution in [-0.4, -0.2) is 54.2 Å². The third-order valence-corrected chi connectivity index (χ3v) is 6.21. The maximum absolute atomic E-state index is 12.5. The van der Waals surface area contributed by atoms with Crippen molar-refractivity contribution in [2.24, 2.45) is 0 Å². The van der Waals surface area contributed by atoms with Gasteiger partial charge in [-0.05, 0) is 26.3 Å². The molecular weight excluding hydrogens is 386 g/mol. The summed E-state index contributed by atoms with van der Waals surface area (Å²) in [5, 5.41) is 7.34. The van der Waals surface area contributed by atoms with Gasteiger partial charge < -0.3 is 10.1 Å². The monoisotopic (exact) mass is 407 g/mol. The number of carbonyl (C=O) groups excluding carboxylic acids is 2. The van der Waals surface area contributed by atoms with Crippen LogP contribution in [0.1, 0.15) is 36.8 Å². The number of benzene rings is 1. The minimum Gasteiger partial charge on any atom is -0.451 e. The van der Waals surface area contributed by atoms with E-state index in [-0.39, 0.29) is 28.8 Å². The van der Waals surface area contributed by atoms with Gasteiger partial charge in [0.25, 0.3) is 11.5 Å². The number of ether oxygens (including phenoxy) is 1. The number of esters is 1. The lowest BCUT2D eigenvalue weighted by Gasteiger charge is -2.14. The number of fused-ring (bicyclic) bond motifs is 1. The van der Waals surface area contributed by atoms with E-state index in [1.165, 1.54) is 4.68 Å². The zero-order chi connectivity index (χ0) is 20.5. The van der Waals surface area contributed by atoms with Crippen LogP contribution in [0.2, 0.25) is 0 Å². The highest BCUT2D eigenvalue weighted by Crippen LogP contribution is 2.16. The number of nitrogens with one attached hydrogen (secondary N) is 1. The molecule has 1 N–H and O–H groups in total. The zero-order valence-corrected chi connectivity index (χ0v) is 16.4. The van der Waals surface area contributed by atoms with Crippen molar-refractivity contribution in [3.63, 3.8) is 0 Å². The highest BCUT2D eigenvalue weighted by molar-refractivity contribution is 7.91. The van der Waals surface area contributed by atoms with Gasteiger partial charge in [0, 0.05) is 11.4 Å². The van der Waals surface area contributed by atoms with Gasteiger partial charge in [0.05, 0.1) is 22.9 Å². The third-order valence-electron chi connectivity index (χ3n) is 4.44. The second-order valence-electron chi connectivity index (χ2n) is 6.98. The van der Waals surface area contributed by atoms with Crippen LogP contribution in [0.25, 0.3) is 10.8 Å². The molecule has 1 aliphatic rings. The first kappa shape index (κ1) is 20.0. The average molecular weight is 407 g/mol. The third kappa shape index (κ3) is 4.22. The van der Waals surface area contributed by atoms with Crippen LogP contribution in [-0.2, 0) is 19.4 Å². The van der Waals surface area contributed by atoms with E-state index >= 15 is 0 Å². The summed E-state index contributed by atoms with van der Waals surface area (Å²) in [7, 11) is -3.12. The smallest absolute Gasteiger partial charge is 0.359 e. The molecule has 1 atom stereocenters. The molecule has 10 heteroatoms. The molecule has 0 spiro atoms. The first-order chi connectivity index (χ1) is 13.2. The molecule has 28 heavy (non-hydrogen) atoms. The van der Waals surface area contributed by atoms with Crippen molar-refractivity contribution in [2.75, 3.05) is 18.1 Å². The van der Waals surface area contributed by atoms with Gasteiger partial charge in [-0.1, -0.05) is 18.2 Å². The Morgan fingerprint density at radius 1 is 1.29 bits per heavy atom. The molecule has 0 radical (unpaired) electrons. The van der Waals surface area contributed by atoms with Gasteiger partial charge in [0.15, 0.2) is 22.1 Å². The summed E-state index contributed by atoms with van der Waals surface area (Å²) in [5.74, 6) is -1.50. The average Bonchev–Trinajstić information content (AvgIpc) is 2.98. The summed E-state index contributed by atoms with van der Waals surface area (Å²) in [6, 6.07) is 5.81. The summed E-state index contributed by atoms with van der Waals surface area (Å²) in [6.07, 6.45) is 0.341. The highest BCUT2D eigenvalue weighted by atomic mass is 32.2. The normalized spacial score (nSPS) is 18.3. The lowest BCUT2D eigenvalue weighted by atomic mass is 10.1. The largest absolute Gasteiger partial charge is 0.451 e. The molecule has 1 amide bonds. The highest BCUT2D eigenvalue weighted by Gasteiger charge is 2.29. The minimum absolute atomic E-state index is 0.0321. The van der Waals surface area contributed by atoms with E-state index in [0.29, 0.717) is 17.2 Å². The van der Waals surface area contributed by atoms with Gasteiger partial charge in [0.2, 0.25) is 0 Å². The lowest BCUT2D eigenvalue weighted by Crippen LogP contribution is -2.38. The molecule has 1 aromatic heterocycles. The molecule has 2 aromatic rings. The van der Waals surface area contributed by atoms with E-state index in [1.807, 2.05) is 0 Å². The van der Waals surface area contributed by atoms with Gasteiger partial charge in [-0.2, -0.15) is 5.10 Å². The van der Waals surface area contributed by atoms with Crippen LogP contribution in [0, 0.1) is 0 Å². The predicted molar refractivity (Wildman–Crippen MR) is 102 cm³/mol. The van der Waals surface area contributed by atoms with Crippen molar-refractivity contribution in [3.8, 4) is 0 Å². The molecule has 150 valence electrons. The fourth-order valence-corrected chi connectivity index (χ4v) is 4.76. The lowest BCUT2D eigenvalue weighted by molar-refractivity contribution is -0.124.